The number of rotatable bonds is 2. The summed E-state index contributed by atoms with van der Waals surface area (Å²) >= 11 is 0. The van der Waals surface area contributed by atoms with Gasteiger partial charge < -0.3 is 9.67 Å². The van der Waals surface area contributed by atoms with Crippen molar-refractivity contribution in [3.05, 3.63) is 30.4 Å². The zero-order chi connectivity index (χ0) is 16.0. The van der Waals surface area contributed by atoms with Gasteiger partial charge in [-0.25, -0.2) is 4.98 Å². The van der Waals surface area contributed by atoms with Gasteiger partial charge >= 0.3 is 0 Å². The maximum absolute atomic E-state index is 10.2. The Kier molecular flexibility index (Phi) is 3.53. The summed E-state index contributed by atoms with van der Waals surface area (Å²) in [4.78, 5) is 13.7. The standard InChI is InChI=1S/C18H22N4O/c1-11-5-7-13(8-6-11)22-17-15(21-18(22)12(2)23)10-20-14-4-3-9-19-16(14)17/h3-4,9-13,23H,5-8H2,1-2H3/t11-,12-,13-/m1/s1. The van der Waals surface area contributed by atoms with Gasteiger partial charge in [-0.2, -0.15) is 0 Å². The molecule has 1 N–H and O–H groups in total. The van der Waals surface area contributed by atoms with Gasteiger partial charge in [0.05, 0.1) is 17.2 Å². The molecule has 3 heterocycles. The molecule has 1 aliphatic carbocycles. The average Bonchev–Trinajstić information content (AvgIpc) is 2.96. The van der Waals surface area contributed by atoms with Crippen molar-refractivity contribution in [3.63, 3.8) is 0 Å². The van der Waals surface area contributed by atoms with Crippen LogP contribution in [0.15, 0.2) is 24.5 Å². The molecule has 23 heavy (non-hydrogen) atoms. The third-order valence-corrected chi connectivity index (χ3v) is 5.03. The smallest absolute Gasteiger partial charge is 0.138 e. The first-order chi connectivity index (χ1) is 11.1. The third-order valence-electron chi connectivity index (χ3n) is 5.03. The van der Waals surface area contributed by atoms with E-state index >= 15 is 0 Å². The van der Waals surface area contributed by atoms with Crippen LogP contribution in [0.2, 0.25) is 0 Å². The molecule has 0 amide bonds. The van der Waals surface area contributed by atoms with Crippen molar-refractivity contribution in [1.29, 1.82) is 0 Å². The van der Waals surface area contributed by atoms with Gasteiger partial charge in [0, 0.05) is 12.2 Å². The van der Waals surface area contributed by atoms with Gasteiger partial charge in [-0.1, -0.05) is 6.92 Å². The minimum Gasteiger partial charge on any atom is -0.385 e. The van der Waals surface area contributed by atoms with E-state index in [1.807, 2.05) is 12.1 Å². The maximum Gasteiger partial charge on any atom is 0.138 e. The van der Waals surface area contributed by atoms with Crippen LogP contribution in [-0.2, 0) is 0 Å². The first-order valence-electron chi connectivity index (χ1n) is 8.44. The fraction of sp³-hybridized carbons (Fsp3) is 0.500. The topological polar surface area (TPSA) is 63.8 Å². The first-order valence-corrected chi connectivity index (χ1v) is 8.44. The molecular weight excluding hydrogens is 288 g/mol. The molecule has 5 heteroatoms. The molecule has 3 aromatic heterocycles. The highest BCUT2D eigenvalue weighted by atomic mass is 16.3. The maximum atomic E-state index is 10.2. The average molecular weight is 310 g/mol. The van der Waals surface area contributed by atoms with Gasteiger partial charge in [-0.05, 0) is 50.7 Å². The molecule has 3 aromatic rings. The van der Waals surface area contributed by atoms with Crippen molar-refractivity contribution in [2.75, 3.05) is 0 Å². The van der Waals surface area contributed by atoms with Crippen LogP contribution in [0.1, 0.15) is 57.5 Å². The van der Waals surface area contributed by atoms with Crippen LogP contribution < -0.4 is 0 Å². The molecule has 5 nitrogen and oxygen atoms in total. The van der Waals surface area contributed by atoms with Crippen LogP contribution in [0.25, 0.3) is 22.1 Å². The summed E-state index contributed by atoms with van der Waals surface area (Å²) in [5, 5.41) is 10.2. The van der Waals surface area contributed by atoms with Crippen LogP contribution in [0, 0.1) is 5.92 Å². The quantitative estimate of drug-likeness (QED) is 0.782. The summed E-state index contributed by atoms with van der Waals surface area (Å²) in [5.74, 6) is 1.52. The number of aromatic nitrogens is 4. The van der Waals surface area contributed by atoms with Crippen molar-refractivity contribution in [1.82, 2.24) is 19.5 Å². The van der Waals surface area contributed by atoms with E-state index in [0.29, 0.717) is 6.04 Å². The lowest BCUT2D eigenvalue weighted by Crippen LogP contribution is -2.19. The SMILES string of the molecule is C[C@@H](O)c1nc2cnc3cccnc3c2n1[C@H]1CC[C@H](C)CC1. The lowest BCUT2D eigenvalue weighted by molar-refractivity contribution is 0.175. The molecule has 1 saturated carbocycles. The van der Waals surface area contributed by atoms with Crippen LogP contribution in [-0.4, -0.2) is 24.6 Å². The molecule has 0 spiro atoms. The number of hydrogen-bond acceptors (Lipinski definition) is 4. The normalized spacial score (nSPS) is 23.4. The molecule has 1 fully saturated rings. The Morgan fingerprint density at radius 3 is 2.70 bits per heavy atom. The molecule has 1 atom stereocenters. The van der Waals surface area contributed by atoms with Gasteiger partial charge in [0.25, 0.3) is 0 Å². The summed E-state index contributed by atoms with van der Waals surface area (Å²) in [6, 6.07) is 4.26. The van der Waals surface area contributed by atoms with Crippen molar-refractivity contribution in [2.24, 2.45) is 5.92 Å². The fourth-order valence-corrected chi connectivity index (χ4v) is 3.77. The first kappa shape index (κ1) is 14.6. The van der Waals surface area contributed by atoms with Gasteiger partial charge in [0.2, 0.25) is 0 Å². The molecule has 0 aromatic carbocycles. The number of aliphatic hydroxyl groups is 1. The van der Waals surface area contributed by atoms with Crippen LogP contribution in [0.5, 0.6) is 0 Å². The zero-order valence-electron chi connectivity index (χ0n) is 13.6. The van der Waals surface area contributed by atoms with Crippen LogP contribution in [0.4, 0.5) is 0 Å². The molecule has 0 saturated heterocycles. The summed E-state index contributed by atoms with van der Waals surface area (Å²) in [7, 11) is 0. The van der Waals surface area contributed by atoms with E-state index in [-0.39, 0.29) is 0 Å². The number of nitrogens with zero attached hydrogens (tertiary/aromatic N) is 4. The van der Waals surface area contributed by atoms with E-state index < -0.39 is 6.10 Å². The van der Waals surface area contributed by atoms with E-state index in [1.54, 1.807) is 19.3 Å². The highest BCUT2D eigenvalue weighted by Gasteiger charge is 2.26. The lowest BCUT2D eigenvalue weighted by atomic mass is 9.87. The molecular formula is C18H22N4O. The predicted molar refractivity (Wildman–Crippen MR) is 90.1 cm³/mol. The summed E-state index contributed by atoms with van der Waals surface area (Å²) in [5.41, 5.74) is 3.60. The Morgan fingerprint density at radius 1 is 1.17 bits per heavy atom. The number of pyridine rings is 2. The van der Waals surface area contributed by atoms with E-state index in [0.717, 1.165) is 46.7 Å². The summed E-state index contributed by atoms with van der Waals surface area (Å²) in [6.07, 6.45) is 7.70. The van der Waals surface area contributed by atoms with Crippen molar-refractivity contribution in [2.45, 2.75) is 51.7 Å². The van der Waals surface area contributed by atoms with Crippen LogP contribution in [0.3, 0.4) is 0 Å². The largest absolute Gasteiger partial charge is 0.385 e. The number of aliphatic hydroxyl groups excluding tert-OH is 1. The number of imidazole rings is 1. The summed E-state index contributed by atoms with van der Waals surface area (Å²) in [6.45, 7) is 4.10. The Morgan fingerprint density at radius 2 is 1.96 bits per heavy atom. The molecule has 0 unspecified atom stereocenters. The second-order valence-corrected chi connectivity index (χ2v) is 6.79. The summed E-state index contributed by atoms with van der Waals surface area (Å²) < 4.78 is 2.24. The predicted octanol–water partition coefficient (Wildman–Crippen LogP) is 3.78. The third kappa shape index (κ3) is 2.39. The Bertz CT molecular complexity index is 847. The minimum atomic E-state index is -0.597. The van der Waals surface area contributed by atoms with E-state index in [1.165, 1.54) is 12.8 Å². The molecule has 4 rings (SSSR count). The highest BCUT2D eigenvalue weighted by Crippen LogP contribution is 2.37. The Labute approximate surface area is 135 Å². The highest BCUT2D eigenvalue weighted by molar-refractivity contribution is 5.99. The molecule has 0 radical (unpaired) electrons. The molecule has 1 aliphatic rings. The van der Waals surface area contributed by atoms with Gasteiger partial charge in [0.15, 0.2) is 0 Å². The lowest BCUT2D eigenvalue weighted by Gasteiger charge is -2.29. The van der Waals surface area contributed by atoms with Crippen molar-refractivity contribution >= 4 is 22.1 Å². The van der Waals surface area contributed by atoms with Gasteiger partial charge in [-0.15, -0.1) is 0 Å². The number of hydrogen-bond donors (Lipinski definition) is 1. The van der Waals surface area contributed by atoms with Crippen molar-refractivity contribution < 1.29 is 5.11 Å². The Balaban J connectivity index is 1.98. The molecule has 0 bridgehead atoms. The molecule has 120 valence electrons. The van der Waals surface area contributed by atoms with Crippen molar-refractivity contribution in [3.8, 4) is 0 Å². The van der Waals surface area contributed by atoms with Gasteiger partial charge in [-0.3, -0.25) is 9.97 Å². The van der Waals surface area contributed by atoms with Gasteiger partial charge in [0.1, 0.15) is 23.0 Å². The van der Waals surface area contributed by atoms with Crippen LogP contribution >= 0.6 is 0 Å². The zero-order valence-corrected chi connectivity index (χ0v) is 13.6. The molecule has 0 aliphatic heterocycles. The monoisotopic (exact) mass is 310 g/mol. The van der Waals surface area contributed by atoms with E-state index in [9.17, 15) is 5.11 Å². The second kappa shape index (κ2) is 5.57. The Hall–Kier alpha value is -2.01. The van der Waals surface area contributed by atoms with E-state index in [4.69, 9.17) is 0 Å². The second-order valence-electron chi connectivity index (χ2n) is 6.79. The minimum absolute atomic E-state index is 0.383. The van der Waals surface area contributed by atoms with E-state index in [2.05, 4.69) is 26.4 Å². The number of fused-ring (bicyclic) bond motifs is 3. The fourth-order valence-electron chi connectivity index (χ4n) is 3.77.